The molecule has 3 heterocycles. The Kier molecular flexibility index (Phi) is 4.52. The first kappa shape index (κ1) is 15.4. The van der Waals surface area contributed by atoms with Crippen molar-refractivity contribution in [1.82, 2.24) is 9.97 Å². The van der Waals surface area contributed by atoms with E-state index in [-0.39, 0.29) is 5.91 Å². The van der Waals surface area contributed by atoms with Crippen molar-refractivity contribution in [2.75, 3.05) is 31.8 Å². The molecule has 0 unspecified atom stereocenters. The number of aromatic nitrogens is 2. The van der Waals surface area contributed by atoms with Crippen LogP contribution in [0.15, 0.2) is 30.7 Å². The maximum atomic E-state index is 12.8. The quantitative estimate of drug-likeness (QED) is 0.790. The molecule has 6 heteroatoms. The van der Waals surface area contributed by atoms with Crippen molar-refractivity contribution in [2.24, 2.45) is 0 Å². The average molecular weight is 313 g/mol. The minimum absolute atomic E-state index is 0.105. The predicted molar refractivity (Wildman–Crippen MR) is 86.0 cm³/mol. The Morgan fingerprint density at radius 2 is 2.22 bits per heavy atom. The lowest BCUT2D eigenvalue weighted by molar-refractivity contribution is 0.0987. The number of carbonyl (C=O) groups is 1. The van der Waals surface area contributed by atoms with E-state index in [4.69, 9.17) is 9.47 Å². The summed E-state index contributed by atoms with van der Waals surface area (Å²) < 4.78 is 10.5. The van der Waals surface area contributed by atoms with Crippen molar-refractivity contribution in [2.45, 2.75) is 13.3 Å². The van der Waals surface area contributed by atoms with E-state index in [0.717, 1.165) is 17.8 Å². The molecule has 2 aromatic heterocycles. The molecule has 0 aliphatic carbocycles. The number of anilines is 1. The smallest absolute Gasteiger partial charge is 0.261 e. The molecule has 2 aromatic rings. The summed E-state index contributed by atoms with van der Waals surface area (Å²) in [6, 6.07) is 3.68. The Hall–Kier alpha value is -2.47. The molecule has 0 spiro atoms. The number of pyridine rings is 2. The van der Waals surface area contributed by atoms with Crippen LogP contribution in [-0.2, 0) is 11.2 Å². The van der Waals surface area contributed by atoms with Crippen molar-refractivity contribution in [3.05, 3.63) is 47.4 Å². The van der Waals surface area contributed by atoms with Crippen LogP contribution in [-0.4, -0.2) is 42.7 Å². The lowest BCUT2D eigenvalue weighted by Gasteiger charge is -2.16. The summed E-state index contributed by atoms with van der Waals surface area (Å²) in [7, 11) is 1.61. The number of ether oxygens (including phenoxy) is 2. The molecule has 0 bridgehead atoms. The molecule has 1 aliphatic heterocycles. The van der Waals surface area contributed by atoms with Gasteiger partial charge in [-0.15, -0.1) is 0 Å². The number of rotatable bonds is 5. The first-order chi connectivity index (χ1) is 11.2. The maximum absolute atomic E-state index is 12.8. The summed E-state index contributed by atoms with van der Waals surface area (Å²) >= 11 is 0. The summed E-state index contributed by atoms with van der Waals surface area (Å²) in [6.07, 6.45) is 5.71. The highest BCUT2D eigenvalue weighted by Gasteiger charge is 2.28. The van der Waals surface area contributed by atoms with E-state index in [1.54, 1.807) is 36.7 Å². The van der Waals surface area contributed by atoms with E-state index in [2.05, 4.69) is 9.97 Å². The van der Waals surface area contributed by atoms with Crippen LogP contribution in [0.1, 0.15) is 21.5 Å². The van der Waals surface area contributed by atoms with Crippen LogP contribution < -0.4 is 9.64 Å². The fourth-order valence-corrected chi connectivity index (χ4v) is 2.66. The lowest BCUT2D eigenvalue weighted by Crippen LogP contribution is -2.29. The molecule has 0 atom stereocenters. The Morgan fingerprint density at radius 1 is 1.35 bits per heavy atom. The van der Waals surface area contributed by atoms with Gasteiger partial charge >= 0.3 is 0 Å². The largest absolute Gasteiger partial charge is 0.490 e. The molecule has 3 rings (SSSR count). The zero-order valence-electron chi connectivity index (χ0n) is 13.3. The minimum Gasteiger partial charge on any atom is -0.490 e. The summed E-state index contributed by atoms with van der Waals surface area (Å²) in [4.78, 5) is 22.9. The van der Waals surface area contributed by atoms with E-state index in [9.17, 15) is 4.79 Å². The fraction of sp³-hybridized carbons (Fsp3) is 0.353. The van der Waals surface area contributed by atoms with Crippen LogP contribution in [0, 0.1) is 6.92 Å². The molecule has 0 saturated carbocycles. The number of hydrogen-bond acceptors (Lipinski definition) is 5. The van der Waals surface area contributed by atoms with Crippen molar-refractivity contribution in [3.63, 3.8) is 0 Å². The molecule has 1 amide bonds. The lowest BCUT2D eigenvalue weighted by atomic mass is 10.1. The van der Waals surface area contributed by atoms with Crippen molar-refractivity contribution in [1.29, 1.82) is 0 Å². The molecule has 6 nitrogen and oxygen atoms in total. The SMILES string of the molecule is COCCOc1cncc(C(=O)N2CCc3c(C)ccnc32)c1. The molecule has 0 N–H and O–H groups in total. The topological polar surface area (TPSA) is 64.6 Å². The third kappa shape index (κ3) is 3.17. The van der Waals surface area contributed by atoms with Gasteiger partial charge in [-0.1, -0.05) is 0 Å². The van der Waals surface area contributed by atoms with Crippen LogP contribution in [0.2, 0.25) is 0 Å². The summed E-state index contributed by atoms with van der Waals surface area (Å²) in [5.41, 5.74) is 2.80. The Labute approximate surface area is 135 Å². The van der Waals surface area contributed by atoms with Gasteiger partial charge in [0.1, 0.15) is 18.2 Å². The highest BCUT2D eigenvalue weighted by atomic mass is 16.5. The standard InChI is InChI=1S/C17H19N3O3/c1-12-3-5-19-16-15(12)4-6-20(16)17(21)13-9-14(11-18-10-13)23-8-7-22-2/h3,5,9-11H,4,6-8H2,1-2H3. The van der Waals surface area contributed by atoms with Crippen LogP contribution >= 0.6 is 0 Å². The Bertz CT molecular complexity index is 718. The van der Waals surface area contributed by atoms with Gasteiger partial charge in [-0.05, 0) is 36.6 Å². The molecule has 23 heavy (non-hydrogen) atoms. The molecule has 0 saturated heterocycles. The first-order valence-corrected chi connectivity index (χ1v) is 7.54. The number of amides is 1. The second-order valence-electron chi connectivity index (χ2n) is 5.39. The zero-order valence-corrected chi connectivity index (χ0v) is 13.3. The number of methoxy groups -OCH3 is 1. The number of hydrogen-bond donors (Lipinski definition) is 0. The number of nitrogens with zero attached hydrogens (tertiary/aromatic N) is 3. The van der Waals surface area contributed by atoms with Crippen LogP contribution in [0.4, 0.5) is 5.82 Å². The second-order valence-corrected chi connectivity index (χ2v) is 5.39. The van der Waals surface area contributed by atoms with Gasteiger partial charge < -0.3 is 9.47 Å². The Balaban J connectivity index is 1.80. The van der Waals surface area contributed by atoms with Gasteiger partial charge in [-0.3, -0.25) is 14.7 Å². The molecule has 1 aliphatic rings. The highest BCUT2D eigenvalue weighted by molar-refractivity contribution is 6.06. The van der Waals surface area contributed by atoms with Gasteiger partial charge in [0.15, 0.2) is 0 Å². The third-order valence-electron chi connectivity index (χ3n) is 3.87. The first-order valence-electron chi connectivity index (χ1n) is 7.54. The predicted octanol–water partition coefficient (Wildman–Crippen LogP) is 2.01. The van der Waals surface area contributed by atoms with Crippen molar-refractivity contribution < 1.29 is 14.3 Å². The summed E-state index contributed by atoms with van der Waals surface area (Å²) in [5, 5.41) is 0. The van der Waals surface area contributed by atoms with Gasteiger partial charge in [0, 0.05) is 26.0 Å². The normalized spacial score (nSPS) is 13.0. The highest BCUT2D eigenvalue weighted by Crippen LogP contribution is 2.29. The van der Waals surface area contributed by atoms with Gasteiger partial charge in [0.05, 0.1) is 18.4 Å². The van der Waals surface area contributed by atoms with Gasteiger partial charge in [-0.25, -0.2) is 4.98 Å². The number of carbonyl (C=O) groups excluding carboxylic acids is 1. The van der Waals surface area contributed by atoms with Crippen molar-refractivity contribution >= 4 is 11.7 Å². The minimum atomic E-state index is -0.105. The average Bonchev–Trinajstić information content (AvgIpc) is 3.00. The monoisotopic (exact) mass is 313 g/mol. The Morgan fingerprint density at radius 3 is 3.04 bits per heavy atom. The number of aryl methyl sites for hydroxylation is 1. The van der Waals surface area contributed by atoms with Crippen molar-refractivity contribution in [3.8, 4) is 5.75 Å². The zero-order chi connectivity index (χ0) is 16.2. The van der Waals surface area contributed by atoms with Crippen LogP contribution in [0.25, 0.3) is 0 Å². The summed E-state index contributed by atoms with van der Waals surface area (Å²) in [5.74, 6) is 1.21. The van der Waals surface area contributed by atoms with Gasteiger partial charge in [0.2, 0.25) is 0 Å². The van der Waals surface area contributed by atoms with Crippen LogP contribution in [0.3, 0.4) is 0 Å². The van der Waals surface area contributed by atoms with E-state index in [1.165, 1.54) is 5.56 Å². The molecule has 120 valence electrons. The molecule has 0 fully saturated rings. The van der Waals surface area contributed by atoms with E-state index >= 15 is 0 Å². The third-order valence-corrected chi connectivity index (χ3v) is 3.87. The van der Waals surface area contributed by atoms with Gasteiger partial charge in [-0.2, -0.15) is 0 Å². The molecule has 0 aromatic carbocycles. The van der Waals surface area contributed by atoms with E-state index in [0.29, 0.717) is 31.1 Å². The molecular formula is C17H19N3O3. The number of fused-ring (bicyclic) bond motifs is 1. The summed E-state index contributed by atoms with van der Waals surface area (Å²) in [6.45, 7) is 3.59. The molecule has 0 radical (unpaired) electrons. The fourth-order valence-electron chi connectivity index (χ4n) is 2.66. The van der Waals surface area contributed by atoms with Crippen LogP contribution in [0.5, 0.6) is 5.75 Å². The van der Waals surface area contributed by atoms with E-state index < -0.39 is 0 Å². The molecular weight excluding hydrogens is 294 g/mol. The van der Waals surface area contributed by atoms with E-state index in [1.807, 2.05) is 13.0 Å². The van der Waals surface area contributed by atoms with Gasteiger partial charge in [0.25, 0.3) is 5.91 Å². The second kappa shape index (κ2) is 6.75. The maximum Gasteiger partial charge on any atom is 0.261 e.